The summed E-state index contributed by atoms with van der Waals surface area (Å²) >= 11 is 0. The number of hydrogen-bond acceptors (Lipinski definition) is 3. The number of pyridine rings is 1. The van der Waals surface area contributed by atoms with E-state index < -0.39 is 0 Å². The Labute approximate surface area is 193 Å². The Hall–Kier alpha value is -1.58. The summed E-state index contributed by atoms with van der Waals surface area (Å²) in [7, 11) is 0. The molecule has 3 nitrogen and oxygen atoms in total. The van der Waals surface area contributed by atoms with Crippen LogP contribution in [-0.4, -0.2) is 27.4 Å². The molecule has 30 heavy (non-hydrogen) atoms. The summed E-state index contributed by atoms with van der Waals surface area (Å²) in [5, 5.41) is 19.8. The van der Waals surface area contributed by atoms with E-state index in [9.17, 15) is 0 Å². The Morgan fingerprint density at radius 2 is 1.77 bits per heavy atom. The third-order valence-corrected chi connectivity index (χ3v) is 5.21. The van der Waals surface area contributed by atoms with Gasteiger partial charge in [0.25, 0.3) is 0 Å². The van der Waals surface area contributed by atoms with Crippen LogP contribution >= 0.6 is 0 Å². The molecular formula is C26H32IrNO2-. The molecule has 1 aromatic heterocycles. The average Bonchev–Trinajstić information content (AvgIpc) is 2.66. The van der Waals surface area contributed by atoms with Gasteiger partial charge >= 0.3 is 0 Å². The Kier molecular flexibility index (Phi) is 9.18. The summed E-state index contributed by atoms with van der Waals surface area (Å²) in [6.45, 7) is 7.85. The van der Waals surface area contributed by atoms with Crippen LogP contribution in [0.5, 0.6) is 0 Å². The SMILES string of the molecule is CC(C)Cc1ccc2c3c(ncc2c1)-c1[c-]cccc1CC3.CC(O)CC(C)O.[Ir]. The molecule has 4 heteroatoms. The van der Waals surface area contributed by atoms with E-state index in [-0.39, 0.29) is 32.3 Å². The first kappa shape index (κ1) is 24.7. The molecule has 2 atom stereocenters. The molecule has 4 rings (SSSR count). The molecule has 0 saturated carbocycles. The predicted molar refractivity (Wildman–Crippen MR) is 120 cm³/mol. The number of nitrogens with zero attached hydrogens (tertiary/aromatic N) is 1. The van der Waals surface area contributed by atoms with E-state index in [2.05, 4.69) is 50.2 Å². The van der Waals surface area contributed by atoms with Gasteiger partial charge < -0.3 is 15.2 Å². The Morgan fingerprint density at radius 1 is 1.03 bits per heavy atom. The minimum Gasteiger partial charge on any atom is -0.393 e. The van der Waals surface area contributed by atoms with Crippen LogP contribution in [-0.2, 0) is 39.4 Å². The van der Waals surface area contributed by atoms with Gasteiger partial charge in [-0.3, -0.25) is 0 Å². The average molecular weight is 583 g/mol. The van der Waals surface area contributed by atoms with Crippen molar-refractivity contribution < 1.29 is 30.3 Å². The molecule has 0 saturated heterocycles. The van der Waals surface area contributed by atoms with Crippen LogP contribution in [0, 0.1) is 12.0 Å². The molecule has 0 bridgehead atoms. The number of aryl methyl sites for hydroxylation is 2. The van der Waals surface area contributed by atoms with Crippen LogP contribution in [0.1, 0.15) is 50.8 Å². The first-order valence-corrected chi connectivity index (χ1v) is 10.6. The first-order valence-electron chi connectivity index (χ1n) is 10.6. The molecular weight excluding hydrogens is 551 g/mol. The van der Waals surface area contributed by atoms with Crippen molar-refractivity contribution in [1.29, 1.82) is 0 Å². The molecule has 1 aliphatic rings. The summed E-state index contributed by atoms with van der Waals surface area (Å²) in [5.74, 6) is 0.685. The number of aliphatic hydroxyl groups excluding tert-OH is 2. The van der Waals surface area contributed by atoms with Gasteiger partial charge in [0.2, 0.25) is 0 Å². The first-order chi connectivity index (χ1) is 13.8. The van der Waals surface area contributed by atoms with E-state index in [0.29, 0.717) is 12.3 Å². The zero-order chi connectivity index (χ0) is 21.0. The molecule has 2 unspecified atom stereocenters. The summed E-state index contributed by atoms with van der Waals surface area (Å²) in [6, 6.07) is 16.5. The fourth-order valence-electron chi connectivity index (χ4n) is 4.05. The molecule has 0 fully saturated rings. The second-order valence-corrected chi connectivity index (χ2v) is 8.61. The molecule has 0 amide bonds. The van der Waals surface area contributed by atoms with Gasteiger partial charge in [-0.25, -0.2) is 0 Å². The Bertz CT molecular complexity index is 960. The summed E-state index contributed by atoms with van der Waals surface area (Å²) in [4.78, 5) is 4.78. The van der Waals surface area contributed by atoms with Crippen LogP contribution in [0.25, 0.3) is 22.0 Å². The fourth-order valence-corrected chi connectivity index (χ4v) is 4.05. The maximum atomic E-state index is 8.56. The monoisotopic (exact) mass is 583 g/mol. The topological polar surface area (TPSA) is 53.4 Å². The van der Waals surface area contributed by atoms with Gasteiger partial charge in [-0.1, -0.05) is 38.0 Å². The number of hydrogen-bond donors (Lipinski definition) is 2. The van der Waals surface area contributed by atoms with Crippen LogP contribution in [0.2, 0.25) is 0 Å². The van der Waals surface area contributed by atoms with E-state index >= 15 is 0 Å². The van der Waals surface area contributed by atoms with Crippen molar-refractivity contribution in [2.24, 2.45) is 5.92 Å². The second-order valence-electron chi connectivity index (χ2n) is 8.61. The number of fused-ring (bicyclic) bond motifs is 5. The van der Waals surface area contributed by atoms with Crippen LogP contribution in [0.3, 0.4) is 0 Å². The van der Waals surface area contributed by atoms with E-state index in [1.807, 2.05) is 12.3 Å². The quantitative estimate of drug-likeness (QED) is 0.420. The third-order valence-electron chi connectivity index (χ3n) is 5.21. The van der Waals surface area contributed by atoms with Gasteiger partial charge in [-0.15, -0.1) is 35.4 Å². The third kappa shape index (κ3) is 6.21. The maximum Gasteiger partial charge on any atom is 0.0536 e. The minimum atomic E-state index is -0.375. The van der Waals surface area contributed by atoms with Crippen molar-refractivity contribution in [2.75, 3.05) is 0 Å². The minimum absolute atomic E-state index is 0. The summed E-state index contributed by atoms with van der Waals surface area (Å²) < 4.78 is 0. The smallest absolute Gasteiger partial charge is 0.0536 e. The van der Waals surface area contributed by atoms with Crippen LogP contribution in [0.4, 0.5) is 0 Å². The van der Waals surface area contributed by atoms with Crippen molar-refractivity contribution >= 4 is 10.8 Å². The van der Waals surface area contributed by atoms with Crippen molar-refractivity contribution in [3.8, 4) is 11.3 Å². The summed E-state index contributed by atoms with van der Waals surface area (Å²) in [6.07, 6.45) is 5.06. The van der Waals surface area contributed by atoms with Gasteiger partial charge in [0.1, 0.15) is 0 Å². The van der Waals surface area contributed by atoms with Crippen molar-refractivity contribution in [1.82, 2.24) is 4.98 Å². The van der Waals surface area contributed by atoms with Crippen LogP contribution < -0.4 is 0 Å². The molecule has 1 aliphatic carbocycles. The number of aliphatic hydroxyl groups is 2. The van der Waals surface area contributed by atoms with E-state index in [1.165, 1.54) is 33.0 Å². The predicted octanol–water partition coefficient (Wildman–Crippen LogP) is 5.13. The van der Waals surface area contributed by atoms with Crippen LogP contribution in [0.15, 0.2) is 42.6 Å². The molecule has 1 heterocycles. The van der Waals surface area contributed by atoms with Crippen molar-refractivity contribution in [3.05, 3.63) is 65.4 Å². The van der Waals surface area contributed by atoms with E-state index in [1.54, 1.807) is 13.8 Å². The van der Waals surface area contributed by atoms with Gasteiger partial charge in [-0.2, -0.15) is 0 Å². The van der Waals surface area contributed by atoms with Gasteiger partial charge in [0.15, 0.2) is 0 Å². The normalized spacial score (nSPS) is 14.1. The zero-order valence-corrected chi connectivity index (χ0v) is 20.7. The van der Waals surface area contributed by atoms with E-state index in [4.69, 9.17) is 15.2 Å². The van der Waals surface area contributed by atoms with Gasteiger partial charge in [-0.05, 0) is 67.1 Å². The second kappa shape index (κ2) is 11.2. The Morgan fingerprint density at radius 3 is 2.40 bits per heavy atom. The number of benzene rings is 2. The fraction of sp³-hybridized carbons (Fsp3) is 0.423. The Balaban J connectivity index is 0.000000350. The molecule has 2 N–H and O–H groups in total. The number of rotatable bonds is 4. The standard InChI is InChI=1S/C21H20N.C5H12O2.Ir/c1-14(2)11-15-7-9-18-17(12-15)13-22-21-19-6-4-3-5-16(19)8-10-20(18)21;1-4(6)3-5(2)7;/h3-5,7,9,12-14H,8,10-11H2,1-2H3;4-7H,3H2,1-2H3;/q-1;;. The molecule has 163 valence electrons. The molecule has 2 aromatic carbocycles. The molecule has 0 spiro atoms. The molecule has 1 radical (unpaired) electrons. The van der Waals surface area contributed by atoms with Gasteiger partial charge in [0.05, 0.1) is 12.2 Å². The van der Waals surface area contributed by atoms with Crippen molar-refractivity contribution in [2.45, 2.75) is 65.6 Å². The number of aromatic nitrogens is 1. The molecule has 3 aromatic rings. The maximum absolute atomic E-state index is 8.56. The molecule has 0 aliphatic heterocycles. The largest absolute Gasteiger partial charge is 0.393 e. The summed E-state index contributed by atoms with van der Waals surface area (Å²) in [5.41, 5.74) is 6.50. The zero-order valence-electron chi connectivity index (χ0n) is 18.3. The van der Waals surface area contributed by atoms with E-state index in [0.717, 1.165) is 25.0 Å². The van der Waals surface area contributed by atoms with Crippen molar-refractivity contribution in [3.63, 3.8) is 0 Å². The van der Waals surface area contributed by atoms with Gasteiger partial charge in [0, 0.05) is 26.3 Å².